The number of carbonyl (C=O) groups excluding carboxylic acids is 1. The van der Waals surface area contributed by atoms with E-state index in [1.807, 2.05) is 0 Å². The number of rotatable bonds is 2. The number of carbonyl (C=O) groups is 1. The number of benzene rings is 1. The van der Waals surface area contributed by atoms with E-state index < -0.39 is 21.8 Å². The van der Waals surface area contributed by atoms with Crippen molar-refractivity contribution in [3.8, 4) is 0 Å². The highest BCUT2D eigenvalue weighted by Crippen LogP contribution is 2.42. The molecule has 1 aromatic rings. The molecule has 0 saturated heterocycles. The van der Waals surface area contributed by atoms with Crippen molar-refractivity contribution in [3.63, 3.8) is 0 Å². The van der Waals surface area contributed by atoms with E-state index in [9.17, 15) is 18.0 Å². The van der Waals surface area contributed by atoms with Crippen LogP contribution in [0.5, 0.6) is 0 Å². The van der Waals surface area contributed by atoms with E-state index in [0.29, 0.717) is 12.8 Å². The maximum absolute atomic E-state index is 12.9. The molecule has 0 bridgehead atoms. The van der Waals surface area contributed by atoms with Gasteiger partial charge in [-0.3, -0.25) is 4.79 Å². The molecule has 0 heterocycles. The summed E-state index contributed by atoms with van der Waals surface area (Å²) in [4.78, 5) is 12.3. The van der Waals surface area contributed by atoms with Crippen molar-refractivity contribution in [2.75, 3.05) is 0 Å². The number of halogens is 4. The van der Waals surface area contributed by atoms with Crippen molar-refractivity contribution in [1.29, 1.82) is 0 Å². The summed E-state index contributed by atoms with van der Waals surface area (Å²) >= 11 is 3.33. The lowest BCUT2D eigenvalue weighted by Gasteiger charge is -2.21. The minimum absolute atomic E-state index is 0.233. The molecule has 1 aliphatic carbocycles. The molecule has 0 N–H and O–H groups in total. The second kappa shape index (κ2) is 4.68. The van der Waals surface area contributed by atoms with Crippen LogP contribution >= 0.6 is 15.9 Å². The van der Waals surface area contributed by atoms with Gasteiger partial charge in [-0.2, -0.15) is 13.2 Å². The average molecular weight is 321 g/mol. The van der Waals surface area contributed by atoms with Gasteiger partial charge in [0.2, 0.25) is 0 Å². The first-order valence-corrected chi connectivity index (χ1v) is 6.54. The Balaban J connectivity index is 2.42. The fourth-order valence-electron chi connectivity index (χ4n) is 2.33. The molecule has 2 rings (SSSR count). The van der Waals surface area contributed by atoms with Crippen LogP contribution < -0.4 is 0 Å². The Labute approximate surface area is 112 Å². The summed E-state index contributed by atoms with van der Waals surface area (Å²) in [7, 11) is 0. The Morgan fingerprint density at radius 1 is 1.17 bits per heavy atom. The monoisotopic (exact) mass is 320 g/mol. The lowest BCUT2D eigenvalue weighted by atomic mass is 9.92. The van der Waals surface area contributed by atoms with Gasteiger partial charge in [-0.05, 0) is 18.9 Å². The summed E-state index contributed by atoms with van der Waals surface area (Å²) in [6.07, 6.45) is -1.57. The third-order valence-electron chi connectivity index (χ3n) is 3.28. The van der Waals surface area contributed by atoms with E-state index in [0.717, 1.165) is 18.9 Å². The first-order chi connectivity index (χ1) is 8.34. The number of alkyl halides is 4. The van der Waals surface area contributed by atoms with Crippen LogP contribution in [-0.4, -0.2) is 10.1 Å². The van der Waals surface area contributed by atoms with E-state index in [-0.39, 0.29) is 5.56 Å². The van der Waals surface area contributed by atoms with Crippen LogP contribution in [0, 0.1) is 0 Å². The maximum Gasteiger partial charge on any atom is 0.417 e. The summed E-state index contributed by atoms with van der Waals surface area (Å²) in [6.45, 7) is 0. The Hall–Kier alpha value is -0.840. The minimum Gasteiger partial charge on any atom is -0.293 e. The van der Waals surface area contributed by atoms with Gasteiger partial charge in [-0.25, -0.2) is 0 Å². The molecule has 1 nitrogen and oxygen atoms in total. The third kappa shape index (κ3) is 2.46. The standard InChI is InChI=1S/C13H12BrF3O/c14-12(7-3-4-8-12)11(18)9-5-1-2-6-10(9)13(15,16)17/h1-2,5-6H,3-4,7-8H2. The predicted molar refractivity (Wildman–Crippen MR) is 65.9 cm³/mol. The van der Waals surface area contributed by atoms with Crippen LogP contribution in [0.25, 0.3) is 0 Å². The van der Waals surface area contributed by atoms with Gasteiger partial charge in [0.25, 0.3) is 0 Å². The average Bonchev–Trinajstić information content (AvgIpc) is 2.75. The van der Waals surface area contributed by atoms with Crippen molar-refractivity contribution in [2.24, 2.45) is 0 Å². The Kier molecular flexibility index (Phi) is 3.54. The molecule has 1 aliphatic rings. The topological polar surface area (TPSA) is 17.1 Å². The van der Waals surface area contributed by atoms with E-state index in [4.69, 9.17) is 0 Å². The van der Waals surface area contributed by atoms with E-state index in [1.165, 1.54) is 18.2 Å². The SMILES string of the molecule is O=C(c1ccccc1C(F)(F)F)C1(Br)CCCC1. The van der Waals surface area contributed by atoms with Crippen LogP contribution in [0.3, 0.4) is 0 Å². The van der Waals surface area contributed by atoms with E-state index >= 15 is 0 Å². The van der Waals surface area contributed by atoms with Crippen molar-refractivity contribution in [2.45, 2.75) is 36.2 Å². The third-order valence-corrected chi connectivity index (χ3v) is 4.43. The number of hydrogen-bond donors (Lipinski definition) is 0. The lowest BCUT2D eigenvalue weighted by molar-refractivity contribution is -0.137. The summed E-state index contributed by atoms with van der Waals surface area (Å²) in [5, 5.41) is 0. The van der Waals surface area contributed by atoms with Gasteiger partial charge < -0.3 is 0 Å². The van der Waals surface area contributed by atoms with Crippen molar-refractivity contribution < 1.29 is 18.0 Å². The highest BCUT2D eigenvalue weighted by Gasteiger charge is 2.43. The Morgan fingerprint density at radius 3 is 2.28 bits per heavy atom. The molecule has 0 radical (unpaired) electrons. The molecule has 0 aromatic heterocycles. The van der Waals surface area contributed by atoms with Crippen LogP contribution in [0.4, 0.5) is 13.2 Å². The molecular formula is C13H12BrF3O. The van der Waals surface area contributed by atoms with Crippen molar-refractivity contribution in [3.05, 3.63) is 35.4 Å². The lowest BCUT2D eigenvalue weighted by Crippen LogP contribution is -2.30. The Morgan fingerprint density at radius 2 is 1.72 bits per heavy atom. The molecule has 0 atom stereocenters. The fourth-order valence-corrected chi connectivity index (χ4v) is 3.11. The summed E-state index contributed by atoms with van der Waals surface area (Å²) in [6, 6.07) is 4.98. The second-order valence-corrected chi connectivity index (χ2v) is 6.06. The number of ketones is 1. The zero-order chi connectivity index (χ0) is 13.4. The van der Waals surface area contributed by atoms with E-state index in [1.54, 1.807) is 0 Å². The molecule has 1 aromatic carbocycles. The zero-order valence-corrected chi connectivity index (χ0v) is 11.1. The highest BCUT2D eigenvalue weighted by atomic mass is 79.9. The van der Waals surface area contributed by atoms with Gasteiger partial charge in [-0.1, -0.05) is 47.0 Å². The van der Waals surface area contributed by atoms with Gasteiger partial charge in [0.05, 0.1) is 9.89 Å². The van der Waals surface area contributed by atoms with Gasteiger partial charge in [0.15, 0.2) is 5.78 Å². The largest absolute Gasteiger partial charge is 0.417 e. The molecule has 0 amide bonds. The van der Waals surface area contributed by atoms with Crippen LogP contribution in [-0.2, 0) is 6.18 Å². The molecule has 18 heavy (non-hydrogen) atoms. The van der Waals surface area contributed by atoms with Crippen molar-refractivity contribution in [1.82, 2.24) is 0 Å². The normalized spacial score (nSPS) is 18.9. The van der Waals surface area contributed by atoms with Crippen LogP contribution in [0.2, 0.25) is 0 Å². The van der Waals surface area contributed by atoms with Crippen LogP contribution in [0.15, 0.2) is 24.3 Å². The molecular weight excluding hydrogens is 309 g/mol. The molecule has 1 fully saturated rings. The zero-order valence-electron chi connectivity index (χ0n) is 9.56. The van der Waals surface area contributed by atoms with Gasteiger partial charge in [-0.15, -0.1) is 0 Å². The van der Waals surface area contributed by atoms with Crippen LogP contribution in [0.1, 0.15) is 41.6 Å². The molecule has 98 valence electrons. The number of Topliss-reactive ketones (excluding diaryl/α,β-unsaturated/α-hetero) is 1. The smallest absolute Gasteiger partial charge is 0.293 e. The highest BCUT2D eigenvalue weighted by molar-refractivity contribution is 9.10. The molecule has 0 spiro atoms. The van der Waals surface area contributed by atoms with Crippen molar-refractivity contribution >= 4 is 21.7 Å². The van der Waals surface area contributed by atoms with Gasteiger partial charge in [0, 0.05) is 5.56 Å². The van der Waals surface area contributed by atoms with Gasteiger partial charge >= 0.3 is 6.18 Å². The number of hydrogen-bond acceptors (Lipinski definition) is 1. The first-order valence-electron chi connectivity index (χ1n) is 5.74. The van der Waals surface area contributed by atoms with Gasteiger partial charge in [0.1, 0.15) is 0 Å². The minimum atomic E-state index is -4.49. The quantitative estimate of drug-likeness (QED) is 0.575. The maximum atomic E-state index is 12.9. The molecule has 1 saturated carbocycles. The van der Waals surface area contributed by atoms with E-state index in [2.05, 4.69) is 15.9 Å². The summed E-state index contributed by atoms with van der Waals surface area (Å²) in [5.41, 5.74) is -1.08. The fraction of sp³-hybridized carbons (Fsp3) is 0.462. The first kappa shape index (κ1) is 13.6. The summed E-state index contributed by atoms with van der Waals surface area (Å²) in [5.74, 6) is -0.451. The second-order valence-electron chi connectivity index (χ2n) is 4.54. The Bertz CT molecular complexity index is 462. The summed E-state index contributed by atoms with van der Waals surface area (Å²) < 4.78 is 37.7. The molecule has 0 unspecified atom stereocenters. The molecule has 5 heteroatoms. The predicted octanol–water partition coefficient (Wildman–Crippen LogP) is 4.60. The molecule has 0 aliphatic heterocycles.